The van der Waals surface area contributed by atoms with Gasteiger partial charge in [0.05, 0.1) is 5.33 Å². The van der Waals surface area contributed by atoms with E-state index in [4.69, 9.17) is 0 Å². The molecular weight excluding hydrogens is 299 g/mol. The van der Waals surface area contributed by atoms with E-state index in [9.17, 15) is 23.3 Å². The lowest BCUT2D eigenvalue weighted by atomic mass is 10.5. The molecule has 1 aromatic heterocycles. The molecule has 10 heteroatoms. The lowest BCUT2D eigenvalue weighted by molar-refractivity contribution is -0.390. The first-order valence-corrected chi connectivity index (χ1v) is 4.90. The van der Waals surface area contributed by atoms with Crippen molar-refractivity contribution in [3.63, 3.8) is 0 Å². The van der Waals surface area contributed by atoms with Crippen molar-refractivity contribution in [2.45, 2.75) is 11.7 Å². The number of rotatable bonds is 3. The van der Waals surface area contributed by atoms with E-state index in [2.05, 4.69) is 25.7 Å². The van der Waals surface area contributed by atoms with E-state index < -0.39 is 23.1 Å². The molecule has 1 heterocycles. The fourth-order valence-electron chi connectivity index (χ4n) is 0.986. The van der Waals surface area contributed by atoms with Crippen molar-refractivity contribution in [2.24, 2.45) is 7.05 Å². The molecule has 90 valence electrons. The maximum atomic E-state index is 11.9. The van der Waals surface area contributed by atoms with Crippen LogP contribution in [0.15, 0.2) is 0 Å². The number of hydrogen-bond donors (Lipinski definition) is 0. The van der Waals surface area contributed by atoms with E-state index >= 15 is 0 Å². The molecule has 0 aliphatic heterocycles. The van der Waals surface area contributed by atoms with Gasteiger partial charge in [-0.15, -0.1) is 13.2 Å². The third kappa shape index (κ3) is 2.62. The average molecular weight is 304 g/mol. The van der Waals surface area contributed by atoms with Gasteiger partial charge in [-0.3, -0.25) is 4.57 Å². The predicted octanol–water partition coefficient (Wildman–Crippen LogP) is 2.12. The first-order chi connectivity index (χ1) is 7.26. The maximum absolute atomic E-state index is 11.9. The Morgan fingerprint density at radius 2 is 2.19 bits per heavy atom. The van der Waals surface area contributed by atoms with Gasteiger partial charge < -0.3 is 14.9 Å². The molecule has 1 rings (SSSR count). The van der Waals surface area contributed by atoms with Crippen LogP contribution < -0.4 is 4.74 Å². The molecule has 0 N–H and O–H groups in total. The lowest BCUT2D eigenvalue weighted by Crippen LogP contribution is -2.19. The molecular formula is C6H5BrF3N3O3. The van der Waals surface area contributed by atoms with E-state index in [0.717, 1.165) is 4.57 Å². The van der Waals surface area contributed by atoms with E-state index in [0.29, 0.717) is 0 Å². The molecule has 0 fully saturated rings. The number of hydrogen-bond acceptors (Lipinski definition) is 4. The molecule has 0 aliphatic carbocycles. The van der Waals surface area contributed by atoms with Crippen molar-refractivity contribution in [3.8, 4) is 6.01 Å². The number of aromatic nitrogens is 2. The molecule has 0 aromatic carbocycles. The lowest BCUT2D eigenvalue weighted by Gasteiger charge is -2.04. The average Bonchev–Trinajstić information content (AvgIpc) is 2.41. The zero-order chi connectivity index (χ0) is 12.5. The SMILES string of the molecule is Cn1c(OC(F)(F)F)nc([N+](=O)[O-])c1CBr. The Labute approximate surface area is 95.3 Å². The van der Waals surface area contributed by atoms with Crippen LogP contribution in [0.25, 0.3) is 0 Å². The number of imidazole rings is 1. The van der Waals surface area contributed by atoms with E-state index in [-0.39, 0.29) is 11.0 Å². The van der Waals surface area contributed by atoms with E-state index in [1.807, 2.05) is 0 Å². The predicted molar refractivity (Wildman–Crippen MR) is 49.2 cm³/mol. The first-order valence-electron chi connectivity index (χ1n) is 3.78. The Morgan fingerprint density at radius 3 is 2.50 bits per heavy atom. The molecule has 0 amide bonds. The Morgan fingerprint density at radius 1 is 1.62 bits per heavy atom. The monoisotopic (exact) mass is 303 g/mol. The van der Waals surface area contributed by atoms with Gasteiger partial charge in [0.15, 0.2) is 0 Å². The van der Waals surface area contributed by atoms with Crippen molar-refractivity contribution in [1.29, 1.82) is 0 Å². The highest BCUT2D eigenvalue weighted by molar-refractivity contribution is 9.08. The Bertz CT molecular complexity index is 417. The topological polar surface area (TPSA) is 70.2 Å². The van der Waals surface area contributed by atoms with Gasteiger partial charge in [-0.05, 0) is 4.92 Å². The molecule has 0 unspecified atom stereocenters. The molecule has 1 aromatic rings. The maximum Gasteiger partial charge on any atom is 0.576 e. The molecule has 0 atom stereocenters. The summed E-state index contributed by atoms with van der Waals surface area (Å²) in [5.74, 6) is -0.668. The van der Waals surface area contributed by atoms with Crippen LogP contribution in [0.3, 0.4) is 0 Å². The van der Waals surface area contributed by atoms with Gasteiger partial charge in [0.25, 0.3) is 0 Å². The Kier molecular flexibility index (Phi) is 3.41. The minimum absolute atomic E-state index is 0.00592. The summed E-state index contributed by atoms with van der Waals surface area (Å²) < 4.78 is 40.1. The molecule has 0 radical (unpaired) electrons. The van der Waals surface area contributed by atoms with Crippen molar-refractivity contribution < 1.29 is 22.8 Å². The Balaban J connectivity index is 3.18. The van der Waals surface area contributed by atoms with Crippen molar-refractivity contribution >= 4 is 21.7 Å². The van der Waals surface area contributed by atoms with Crippen molar-refractivity contribution in [1.82, 2.24) is 9.55 Å². The second-order valence-corrected chi connectivity index (χ2v) is 3.22. The van der Waals surface area contributed by atoms with Crippen molar-refractivity contribution in [3.05, 3.63) is 15.8 Å². The zero-order valence-corrected chi connectivity index (χ0v) is 9.37. The summed E-state index contributed by atoms with van der Waals surface area (Å²) in [6.07, 6.45) is -4.93. The summed E-state index contributed by atoms with van der Waals surface area (Å²) in [6, 6.07) is -0.867. The minimum Gasteiger partial charge on any atom is -0.358 e. The Hall–Kier alpha value is -1.32. The molecule has 0 saturated carbocycles. The third-order valence-corrected chi connectivity index (χ3v) is 2.19. The molecule has 0 saturated heterocycles. The second kappa shape index (κ2) is 4.28. The largest absolute Gasteiger partial charge is 0.576 e. The van der Waals surface area contributed by atoms with Crippen LogP contribution in [0, 0.1) is 10.1 Å². The highest BCUT2D eigenvalue weighted by Crippen LogP contribution is 2.28. The number of nitrogens with zero attached hydrogens (tertiary/aromatic N) is 3. The summed E-state index contributed by atoms with van der Waals surface area (Å²) in [5, 5.41) is 10.5. The zero-order valence-electron chi connectivity index (χ0n) is 7.79. The summed E-state index contributed by atoms with van der Waals surface area (Å²) in [7, 11) is 1.19. The highest BCUT2D eigenvalue weighted by atomic mass is 79.9. The van der Waals surface area contributed by atoms with E-state index in [1.165, 1.54) is 7.05 Å². The standard InChI is InChI=1S/C6H5BrF3N3O3/c1-12-3(2-7)4(13(14)15)11-5(12)16-6(8,9)10/h2H2,1H3. The molecule has 6 nitrogen and oxygen atoms in total. The molecule has 16 heavy (non-hydrogen) atoms. The molecule has 0 spiro atoms. The van der Waals surface area contributed by atoms with Crippen molar-refractivity contribution in [2.75, 3.05) is 0 Å². The first kappa shape index (κ1) is 12.7. The number of ether oxygens (including phenoxy) is 1. The van der Waals surface area contributed by atoms with E-state index in [1.54, 1.807) is 0 Å². The summed E-state index contributed by atoms with van der Waals surface area (Å²) in [4.78, 5) is 12.8. The molecule has 0 aliphatic rings. The number of halogens is 4. The summed E-state index contributed by atoms with van der Waals surface area (Å²) >= 11 is 2.92. The fraction of sp³-hybridized carbons (Fsp3) is 0.500. The number of alkyl halides is 4. The smallest absolute Gasteiger partial charge is 0.358 e. The van der Waals surface area contributed by atoms with Gasteiger partial charge in [0.1, 0.15) is 5.69 Å². The fourth-order valence-corrected chi connectivity index (χ4v) is 1.61. The highest BCUT2D eigenvalue weighted by Gasteiger charge is 2.37. The number of nitro groups is 1. The van der Waals surface area contributed by atoms with Crippen LogP contribution in [-0.4, -0.2) is 20.8 Å². The van der Waals surface area contributed by atoms with Gasteiger partial charge in [-0.1, -0.05) is 15.9 Å². The normalized spacial score (nSPS) is 11.6. The van der Waals surface area contributed by atoms with Gasteiger partial charge in [0.2, 0.25) is 0 Å². The van der Waals surface area contributed by atoms with Crippen LogP contribution in [-0.2, 0) is 12.4 Å². The quantitative estimate of drug-likeness (QED) is 0.487. The van der Waals surface area contributed by atoms with Gasteiger partial charge in [0, 0.05) is 12.0 Å². The summed E-state index contributed by atoms with van der Waals surface area (Å²) in [5.41, 5.74) is -0.00995. The van der Waals surface area contributed by atoms with Crippen LogP contribution in [0.1, 0.15) is 5.69 Å². The second-order valence-electron chi connectivity index (χ2n) is 2.66. The summed E-state index contributed by atoms with van der Waals surface area (Å²) in [6.45, 7) is 0. The van der Waals surface area contributed by atoms with Gasteiger partial charge in [-0.2, -0.15) is 0 Å². The third-order valence-electron chi connectivity index (χ3n) is 1.66. The van der Waals surface area contributed by atoms with Crippen LogP contribution in [0.4, 0.5) is 19.0 Å². The van der Waals surface area contributed by atoms with Crippen LogP contribution >= 0.6 is 15.9 Å². The van der Waals surface area contributed by atoms with Gasteiger partial charge >= 0.3 is 18.2 Å². The van der Waals surface area contributed by atoms with Crippen LogP contribution in [0.5, 0.6) is 6.01 Å². The van der Waals surface area contributed by atoms with Crippen LogP contribution in [0.2, 0.25) is 0 Å². The minimum atomic E-state index is -4.93. The van der Waals surface area contributed by atoms with Gasteiger partial charge in [-0.25, -0.2) is 0 Å². The molecule has 0 bridgehead atoms.